The first-order chi connectivity index (χ1) is 16.0. The average Bonchev–Trinajstić information content (AvgIpc) is 3.27. The highest BCUT2D eigenvalue weighted by molar-refractivity contribution is 6.08. The number of benzene rings is 3. The number of fused-ring (bicyclic) bond motifs is 1. The number of H-pyrrole nitrogens is 1. The number of methoxy groups -OCH3 is 3. The third kappa shape index (κ3) is 3.87. The van der Waals surface area contributed by atoms with Crippen molar-refractivity contribution in [3.8, 4) is 33.9 Å². The molecule has 0 saturated heterocycles. The lowest BCUT2D eigenvalue weighted by Crippen LogP contribution is -2.05. The number of carbonyl (C=O) groups excluding carboxylic acids is 1. The van der Waals surface area contributed by atoms with Crippen LogP contribution < -0.4 is 9.47 Å². The van der Waals surface area contributed by atoms with E-state index in [9.17, 15) is 14.7 Å². The SMILES string of the molecule is COC(=O)c1[nH]nc(-c2c(OC)cccc2OC)c1-c1ccc(CC(=O)O)c2ccccc12. The Morgan fingerprint density at radius 2 is 1.55 bits per heavy atom. The number of ether oxygens (including phenoxy) is 3. The molecule has 168 valence electrons. The van der Waals surface area contributed by atoms with Gasteiger partial charge in [0.1, 0.15) is 17.2 Å². The molecule has 0 amide bonds. The number of rotatable bonds is 7. The van der Waals surface area contributed by atoms with Gasteiger partial charge in [-0.3, -0.25) is 9.89 Å². The van der Waals surface area contributed by atoms with Gasteiger partial charge in [-0.2, -0.15) is 5.10 Å². The maximum absolute atomic E-state index is 12.7. The summed E-state index contributed by atoms with van der Waals surface area (Å²) in [5, 5.41) is 18.1. The Morgan fingerprint density at radius 1 is 0.879 bits per heavy atom. The molecule has 0 aliphatic rings. The Hall–Kier alpha value is -4.33. The van der Waals surface area contributed by atoms with E-state index in [1.165, 1.54) is 7.11 Å². The topological polar surface area (TPSA) is 111 Å². The molecule has 0 aliphatic heterocycles. The van der Waals surface area contributed by atoms with E-state index in [1.807, 2.05) is 24.3 Å². The lowest BCUT2D eigenvalue weighted by atomic mass is 9.91. The van der Waals surface area contributed by atoms with E-state index in [2.05, 4.69) is 10.2 Å². The largest absolute Gasteiger partial charge is 0.496 e. The number of hydrogen-bond acceptors (Lipinski definition) is 6. The normalized spacial score (nSPS) is 10.8. The molecule has 0 atom stereocenters. The van der Waals surface area contributed by atoms with Crippen LogP contribution >= 0.6 is 0 Å². The van der Waals surface area contributed by atoms with Gasteiger partial charge in [0.05, 0.1) is 33.3 Å². The molecule has 0 saturated carbocycles. The van der Waals surface area contributed by atoms with Crippen LogP contribution in [0.25, 0.3) is 33.2 Å². The van der Waals surface area contributed by atoms with Gasteiger partial charge in [0, 0.05) is 5.56 Å². The van der Waals surface area contributed by atoms with Gasteiger partial charge in [-0.15, -0.1) is 0 Å². The van der Waals surface area contributed by atoms with E-state index >= 15 is 0 Å². The van der Waals surface area contributed by atoms with E-state index < -0.39 is 11.9 Å². The van der Waals surface area contributed by atoms with E-state index in [-0.39, 0.29) is 12.1 Å². The highest BCUT2D eigenvalue weighted by Crippen LogP contribution is 2.45. The summed E-state index contributed by atoms with van der Waals surface area (Å²) in [5.41, 5.74) is 3.04. The number of nitrogens with zero attached hydrogens (tertiary/aromatic N) is 1. The fraction of sp³-hybridized carbons (Fsp3) is 0.160. The summed E-state index contributed by atoms with van der Waals surface area (Å²) >= 11 is 0. The molecule has 3 aromatic carbocycles. The van der Waals surface area contributed by atoms with Crippen LogP contribution in [-0.2, 0) is 16.0 Å². The molecule has 33 heavy (non-hydrogen) atoms. The zero-order chi connectivity index (χ0) is 23.5. The fourth-order valence-corrected chi connectivity index (χ4v) is 4.02. The molecule has 0 spiro atoms. The summed E-state index contributed by atoms with van der Waals surface area (Å²) in [6, 6.07) is 16.4. The average molecular weight is 446 g/mol. The fourth-order valence-electron chi connectivity index (χ4n) is 4.02. The Kier molecular flexibility index (Phi) is 5.99. The predicted octanol–water partition coefficient (Wildman–Crippen LogP) is 4.33. The minimum absolute atomic E-state index is 0.122. The molecule has 0 unspecified atom stereocenters. The number of aromatic amines is 1. The standard InChI is InChI=1S/C25H22N2O6/c1-31-18-9-6-10-19(32-2)22(18)23-21(24(27-26-23)25(30)33-3)17-12-11-14(13-20(28)29)15-7-4-5-8-16(15)17/h4-12H,13H2,1-3H3,(H,26,27)(H,28,29). The molecule has 0 fully saturated rings. The summed E-state index contributed by atoms with van der Waals surface area (Å²) < 4.78 is 16.1. The first-order valence-electron chi connectivity index (χ1n) is 10.1. The number of hydrogen-bond donors (Lipinski definition) is 2. The van der Waals surface area contributed by atoms with Crippen molar-refractivity contribution in [2.75, 3.05) is 21.3 Å². The van der Waals surface area contributed by atoms with Crippen LogP contribution in [0, 0.1) is 0 Å². The highest BCUT2D eigenvalue weighted by atomic mass is 16.5. The van der Waals surface area contributed by atoms with E-state index in [0.29, 0.717) is 39.4 Å². The van der Waals surface area contributed by atoms with Crippen molar-refractivity contribution >= 4 is 22.7 Å². The minimum Gasteiger partial charge on any atom is -0.496 e. The number of nitrogens with one attached hydrogen (secondary N) is 1. The molecule has 0 aliphatic carbocycles. The Labute approximate surface area is 189 Å². The van der Waals surface area contributed by atoms with Gasteiger partial charge >= 0.3 is 11.9 Å². The van der Waals surface area contributed by atoms with Crippen LogP contribution in [-0.4, -0.2) is 48.6 Å². The third-order valence-corrected chi connectivity index (χ3v) is 5.45. The highest BCUT2D eigenvalue weighted by Gasteiger charge is 2.27. The Morgan fingerprint density at radius 3 is 2.15 bits per heavy atom. The molecule has 2 N–H and O–H groups in total. The first-order valence-corrected chi connectivity index (χ1v) is 10.1. The van der Waals surface area contributed by atoms with Gasteiger partial charge in [0.2, 0.25) is 0 Å². The zero-order valence-corrected chi connectivity index (χ0v) is 18.3. The van der Waals surface area contributed by atoms with Crippen LogP contribution in [0.4, 0.5) is 0 Å². The van der Waals surface area contributed by atoms with Crippen molar-refractivity contribution in [1.29, 1.82) is 0 Å². The zero-order valence-electron chi connectivity index (χ0n) is 18.3. The van der Waals surface area contributed by atoms with Crippen LogP contribution in [0.1, 0.15) is 16.1 Å². The van der Waals surface area contributed by atoms with Crippen molar-refractivity contribution in [2.45, 2.75) is 6.42 Å². The van der Waals surface area contributed by atoms with E-state index in [0.717, 1.165) is 10.8 Å². The molecule has 4 aromatic rings. The van der Waals surface area contributed by atoms with Crippen molar-refractivity contribution in [3.05, 3.63) is 65.9 Å². The second-order valence-corrected chi connectivity index (χ2v) is 7.24. The maximum atomic E-state index is 12.7. The molecule has 4 rings (SSSR count). The lowest BCUT2D eigenvalue weighted by molar-refractivity contribution is -0.136. The summed E-state index contributed by atoms with van der Waals surface area (Å²) in [6.45, 7) is 0. The van der Waals surface area contributed by atoms with Crippen molar-refractivity contribution < 1.29 is 28.9 Å². The number of esters is 1. The Balaban J connectivity index is 2.08. The van der Waals surface area contributed by atoms with Gasteiger partial charge in [0.25, 0.3) is 0 Å². The van der Waals surface area contributed by atoms with Crippen LogP contribution in [0.2, 0.25) is 0 Å². The smallest absolute Gasteiger partial charge is 0.356 e. The number of aromatic nitrogens is 2. The molecule has 0 bridgehead atoms. The molecule has 8 heteroatoms. The third-order valence-electron chi connectivity index (χ3n) is 5.45. The molecule has 1 heterocycles. The van der Waals surface area contributed by atoms with Gasteiger partial charge in [-0.1, -0.05) is 42.5 Å². The van der Waals surface area contributed by atoms with Gasteiger partial charge in [-0.25, -0.2) is 4.79 Å². The number of carbonyl (C=O) groups is 2. The predicted molar refractivity (Wildman–Crippen MR) is 123 cm³/mol. The number of aliphatic carboxylic acids is 1. The maximum Gasteiger partial charge on any atom is 0.356 e. The summed E-state index contributed by atoms with van der Waals surface area (Å²) in [6.07, 6.45) is -0.122. The molecule has 8 nitrogen and oxygen atoms in total. The van der Waals surface area contributed by atoms with E-state index in [1.54, 1.807) is 44.6 Å². The Bertz CT molecular complexity index is 1340. The lowest BCUT2D eigenvalue weighted by Gasteiger charge is -2.15. The van der Waals surface area contributed by atoms with E-state index in [4.69, 9.17) is 14.2 Å². The summed E-state index contributed by atoms with van der Waals surface area (Å²) in [5.74, 6) is -0.474. The number of carboxylic acids is 1. The second kappa shape index (κ2) is 9.04. The van der Waals surface area contributed by atoms with Crippen molar-refractivity contribution in [1.82, 2.24) is 10.2 Å². The van der Waals surface area contributed by atoms with Crippen LogP contribution in [0.3, 0.4) is 0 Å². The van der Waals surface area contributed by atoms with Crippen molar-refractivity contribution in [3.63, 3.8) is 0 Å². The van der Waals surface area contributed by atoms with Gasteiger partial charge < -0.3 is 19.3 Å². The second-order valence-electron chi connectivity index (χ2n) is 7.24. The van der Waals surface area contributed by atoms with Crippen molar-refractivity contribution in [2.24, 2.45) is 0 Å². The first kappa shape index (κ1) is 21.9. The summed E-state index contributed by atoms with van der Waals surface area (Å²) in [4.78, 5) is 24.1. The molecule has 1 aromatic heterocycles. The van der Waals surface area contributed by atoms with Crippen LogP contribution in [0.5, 0.6) is 11.5 Å². The molecular weight excluding hydrogens is 424 g/mol. The number of carboxylic acid groups (broad SMARTS) is 1. The van der Waals surface area contributed by atoms with Crippen LogP contribution in [0.15, 0.2) is 54.6 Å². The van der Waals surface area contributed by atoms with Gasteiger partial charge in [0.15, 0.2) is 5.69 Å². The summed E-state index contributed by atoms with van der Waals surface area (Å²) in [7, 11) is 4.38. The molecule has 0 radical (unpaired) electrons. The molecular formula is C25H22N2O6. The minimum atomic E-state index is -0.925. The monoisotopic (exact) mass is 446 g/mol. The quantitative estimate of drug-likeness (QED) is 0.407. The van der Waals surface area contributed by atoms with Gasteiger partial charge in [-0.05, 0) is 34.0 Å².